The molecule has 1 aliphatic carbocycles. The van der Waals surface area contributed by atoms with E-state index in [1.165, 1.54) is 24.8 Å². The minimum absolute atomic E-state index is 0.299. The topological polar surface area (TPSA) is 32.9 Å². The van der Waals surface area contributed by atoms with Crippen LogP contribution in [0.5, 0.6) is 0 Å². The van der Waals surface area contributed by atoms with E-state index in [0.717, 1.165) is 23.4 Å². The molecule has 0 saturated heterocycles. The van der Waals surface area contributed by atoms with Gasteiger partial charge in [-0.3, -0.25) is 4.79 Å². The first kappa shape index (κ1) is 10.5. The lowest BCUT2D eigenvalue weighted by Crippen LogP contribution is -2.16. The fourth-order valence-electron chi connectivity index (χ4n) is 2.18. The molecule has 1 heterocycles. The van der Waals surface area contributed by atoms with E-state index in [4.69, 9.17) is 0 Å². The van der Waals surface area contributed by atoms with Crippen LogP contribution in [0.1, 0.15) is 53.0 Å². The number of carbonyl (C=O) groups excluding carboxylic acids is 1. The second-order valence-electron chi connectivity index (χ2n) is 4.80. The molecule has 1 aromatic heterocycles. The fourth-order valence-corrected chi connectivity index (χ4v) is 2.18. The number of aromatic nitrogens is 1. The molecule has 0 radical (unpaired) electrons. The van der Waals surface area contributed by atoms with Gasteiger partial charge in [-0.25, -0.2) is 0 Å². The van der Waals surface area contributed by atoms with Crippen LogP contribution in [0.3, 0.4) is 0 Å². The van der Waals surface area contributed by atoms with Gasteiger partial charge in [-0.05, 0) is 37.8 Å². The molecule has 0 spiro atoms. The molecule has 1 N–H and O–H groups in total. The number of aryl methyl sites for hydroxylation is 1. The number of hydrogen-bond donors (Lipinski definition) is 1. The number of H-pyrrole nitrogens is 1. The molecule has 0 unspecified atom stereocenters. The molecule has 2 rings (SSSR count). The molecule has 82 valence electrons. The highest BCUT2D eigenvalue weighted by Crippen LogP contribution is 2.31. The summed E-state index contributed by atoms with van der Waals surface area (Å²) >= 11 is 0. The van der Waals surface area contributed by atoms with Gasteiger partial charge in [0.15, 0.2) is 5.78 Å². The van der Waals surface area contributed by atoms with Crippen LogP contribution in [0.15, 0.2) is 0 Å². The second kappa shape index (κ2) is 3.84. The van der Waals surface area contributed by atoms with Crippen LogP contribution in [-0.4, -0.2) is 10.8 Å². The maximum absolute atomic E-state index is 12.0. The zero-order chi connectivity index (χ0) is 11.0. The van der Waals surface area contributed by atoms with Crippen molar-refractivity contribution in [1.82, 2.24) is 4.98 Å². The zero-order valence-corrected chi connectivity index (χ0v) is 9.81. The largest absolute Gasteiger partial charge is 0.356 e. The summed E-state index contributed by atoms with van der Waals surface area (Å²) < 4.78 is 0. The lowest BCUT2D eigenvalue weighted by atomic mass is 9.81. The van der Waals surface area contributed by atoms with Crippen molar-refractivity contribution < 1.29 is 4.79 Å². The zero-order valence-electron chi connectivity index (χ0n) is 9.81. The van der Waals surface area contributed by atoms with Gasteiger partial charge >= 0.3 is 0 Å². The van der Waals surface area contributed by atoms with E-state index in [1.54, 1.807) is 0 Å². The molecular weight excluding hydrogens is 186 g/mol. The van der Waals surface area contributed by atoms with E-state index in [2.05, 4.69) is 11.9 Å². The lowest BCUT2D eigenvalue weighted by Gasteiger charge is -2.24. The maximum Gasteiger partial charge on any atom is 0.179 e. The summed E-state index contributed by atoms with van der Waals surface area (Å²) in [5.41, 5.74) is 4.34. The smallest absolute Gasteiger partial charge is 0.179 e. The number of aromatic amines is 1. The Morgan fingerprint density at radius 2 is 1.93 bits per heavy atom. The normalized spacial score (nSPS) is 16.5. The standard InChI is InChI=1S/C13H19NO/c1-8-9(2)13(14-10(8)3)12(15)7-11-5-4-6-11/h11,14H,4-7H2,1-3H3. The molecule has 0 atom stereocenters. The monoisotopic (exact) mass is 205 g/mol. The number of hydrogen-bond acceptors (Lipinski definition) is 1. The maximum atomic E-state index is 12.0. The minimum atomic E-state index is 0.299. The van der Waals surface area contributed by atoms with E-state index < -0.39 is 0 Å². The minimum Gasteiger partial charge on any atom is -0.356 e. The predicted octanol–water partition coefficient (Wildman–Crippen LogP) is 3.31. The van der Waals surface area contributed by atoms with Crippen molar-refractivity contribution in [3.8, 4) is 0 Å². The van der Waals surface area contributed by atoms with Crippen LogP contribution in [0.25, 0.3) is 0 Å². The van der Waals surface area contributed by atoms with Crippen molar-refractivity contribution in [3.63, 3.8) is 0 Å². The third-order valence-electron chi connectivity index (χ3n) is 3.79. The van der Waals surface area contributed by atoms with Crippen LogP contribution < -0.4 is 0 Å². The molecule has 1 aromatic rings. The molecule has 0 amide bonds. The Labute approximate surface area is 91.1 Å². The highest BCUT2D eigenvalue weighted by atomic mass is 16.1. The third kappa shape index (κ3) is 1.85. The number of Topliss-reactive ketones (excluding diaryl/α,β-unsaturated/α-hetero) is 1. The predicted molar refractivity (Wildman–Crippen MR) is 61.3 cm³/mol. The van der Waals surface area contributed by atoms with E-state index >= 15 is 0 Å². The average molecular weight is 205 g/mol. The number of carbonyl (C=O) groups is 1. The summed E-state index contributed by atoms with van der Waals surface area (Å²) in [5, 5.41) is 0. The van der Waals surface area contributed by atoms with Gasteiger partial charge in [0, 0.05) is 12.1 Å². The molecule has 0 aliphatic heterocycles. The van der Waals surface area contributed by atoms with Crippen molar-refractivity contribution in [2.45, 2.75) is 46.5 Å². The molecule has 2 nitrogen and oxygen atoms in total. The summed E-state index contributed by atoms with van der Waals surface area (Å²) in [7, 11) is 0. The summed E-state index contributed by atoms with van der Waals surface area (Å²) in [6, 6.07) is 0. The summed E-state index contributed by atoms with van der Waals surface area (Å²) in [6.07, 6.45) is 4.52. The van der Waals surface area contributed by atoms with Crippen molar-refractivity contribution in [3.05, 3.63) is 22.5 Å². The van der Waals surface area contributed by atoms with E-state index in [0.29, 0.717) is 11.7 Å². The van der Waals surface area contributed by atoms with Gasteiger partial charge in [-0.2, -0.15) is 0 Å². The fraction of sp³-hybridized carbons (Fsp3) is 0.615. The Morgan fingerprint density at radius 1 is 1.27 bits per heavy atom. The van der Waals surface area contributed by atoms with Gasteiger partial charge in [0.1, 0.15) is 0 Å². The lowest BCUT2D eigenvalue weighted by molar-refractivity contribution is 0.0931. The molecular formula is C13H19NO. The van der Waals surface area contributed by atoms with Crippen molar-refractivity contribution in [2.24, 2.45) is 5.92 Å². The van der Waals surface area contributed by atoms with Crippen LogP contribution in [-0.2, 0) is 0 Å². The first-order valence-electron chi connectivity index (χ1n) is 5.78. The first-order valence-corrected chi connectivity index (χ1v) is 5.78. The van der Waals surface area contributed by atoms with E-state index in [-0.39, 0.29) is 0 Å². The van der Waals surface area contributed by atoms with Crippen LogP contribution in [0, 0.1) is 26.7 Å². The molecule has 1 saturated carbocycles. The van der Waals surface area contributed by atoms with Crippen LogP contribution in [0.4, 0.5) is 0 Å². The number of nitrogens with one attached hydrogen (secondary N) is 1. The summed E-state index contributed by atoms with van der Waals surface area (Å²) in [6.45, 7) is 6.14. The number of ketones is 1. The van der Waals surface area contributed by atoms with Gasteiger partial charge in [-0.15, -0.1) is 0 Å². The van der Waals surface area contributed by atoms with Crippen molar-refractivity contribution in [2.75, 3.05) is 0 Å². The van der Waals surface area contributed by atoms with E-state index in [9.17, 15) is 4.79 Å². The van der Waals surface area contributed by atoms with Gasteiger partial charge in [0.05, 0.1) is 5.69 Å². The Kier molecular flexibility index (Phi) is 2.68. The Balaban J connectivity index is 2.13. The Bertz CT molecular complexity index is 385. The first-order chi connectivity index (χ1) is 7.09. The van der Waals surface area contributed by atoms with Crippen LogP contribution in [0.2, 0.25) is 0 Å². The van der Waals surface area contributed by atoms with Gasteiger partial charge in [-0.1, -0.05) is 19.3 Å². The molecule has 0 bridgehead atoms. The molecule has 1 fully saturated rings. The molecule has 1 aliphatic rings. The number of rotatable bonds is 3. The Morgan fingerprint density at radius 3 is 2.33 bits per heavy atom. The Hall–Kier alpha value is -1.05. The molecule has 15 heavy (non-hydrogen) atoms. The SMILES string of the molecule is Cc1[nH]c(C(=O)CC2CCC2)c(C)c1C. The van der Waals surface area contributed by atoms with Crippen molar-refractivity contribution in [1.29, 1.82) is 0 Å². The van der Waals surface area contributed by atoms with Crippen molar-refractivity contribution >= 4 is 5.78 Å². The van der Waals surface area contributed by atoms with Gasteiger partial charge in [0.2, 0.25) is 0 Å². The summed E-state index contributed by atoms with van der Waals surface area (Å²) in [5.74, 6) is 0.953. The van der Waals surface area contributed by atoms with Gasteiger partial charge < -0.3 is 4.98 Å². The summed E-state index contributed by atoms with van der Waals surface area (Å²) in [4.78, 5) is 15.2. The highest BCUT2D eigenvalue weighted by molar-refractivity contribution is 5.96. The third-order valence-corrected chi connectivity index (χ3v) is 3.79. The quantitative estimate of drug-likeness (QED) is 0.754. The molecule has 0 aromatic carbocycles. The molecule has 2 heteroatoms. The highest BCUT2D eigenvalue weighted by Gasteiger charge is 2.23. The van der Waals surface area contributed by atoms with E-state index in [1.807, 2.05) is 13.8 Å². The van der Waals surface area contributed by atoms with Crippen LogP contribution >= 0.6 is 0 Å². The second-order valence-corrected chi connectivity index (χ2v) is 4.80. The van der Waals surface area contributed by atoms with Gasteiger partial charge in [0.25, 0.3) is 0 Å². The average Bonchev–Trinajstić information content (AvgIpc) is 2.39.